The van der Waals surface area contributed by atoms with Crippen LogP contribution in [0.25, 0.3) is 0 Å². The lowest BCUT2D eigenvalue weighted by atomic mass is 10.0. The number of hydrogen-bond acceptors (Lipinski definition) is 1. The van der Waals surface area contributed by atoms with Gasteiger partial charge in [0.25, 0.3) is 0 Å². The van der Waals surface area contributed by atoms with Gasteiger partial charge >= 0.3 is 0 Å². The molecule has 20 heavy (non-hydrogen) atoms. The van der Waals surface area contributed by atoms with Crippen LogP contribution < -0.4 is 5.32 Å². The first-order valence-electron chi connectivity index (χ1n) is 7.71. The van der Waals surface area contributed by atoms with Crippen molar-refractivity contribution in [3.05, 3.63) is 64.7 Å². The Balaban J connectivity index is 1.79. The van der Waals surface area contributed by atoms with Gasteiger partial charge in [0.1, 0.15) is 0 Å². The Kier molecular flexibility index (Phi) is 3.77. The lowest BCUT2D eigenvalue weighted by Gasteiger charge is -2.19. The van der Waals surface area contributed by atoms with Crippen LogP contribution in [0.1, 0.15) is 48.1 Å². The average molecular weight is 265 g/mol. The van der Waals surface area contributed by atoms with Crippen molar-refractivity contribution in [1.82, 2.24) is 0 Å². The molecular weight excluding hydrogens is 242 g/mol. The van der Waals surface area contributed by atoms with Crippen LogP contribution in [0.3, 0.4) is 0 Å². The van der Waals surface area contributed by atoms with Gasteiger partial charge in [0, 0.05) is 5.69 Å². The molecule has 104 valence electrons. The molecule has 0 aromatic heterocycles. The minimum absolute atomic E-state index is 0.398. The van der Waals surface area contributed by atoms with Crippen LogP contribution in [0.2, 0.25) is 0 Å². The van der Waals surface area contributed by atoms with Crippen LogP contribution in [0.4, 0.5) is 5.69 Å². The molecule has 1 atom stereocenters. The number of aryl methyl sites for hydroxylation is 3. The van der Waals surface area contributed by atoms with Gasteiger partial charge in [-0.25, -0.2) is 0 Å². The van der Waals surface area contributed by atoms with Gasteiger partial charge in [0.2, 0.25) is 0 Å². The minimum atomic E-state index is 0.398. The van der Waals surface area contributed by atoms with E-state index in [0.717, 1.165) is 6.42 Å². The van der Waals surface area contributed by atoms with E-state index in [1.807, 2.05) is 0 Å². The summed E-state index contributed by atoms with van der Waals surface area (Å²) in [6, 6.07) is 16.2. The lowest BCUT2D eigenvalue weighted by Crippen LogP contribution is -2.09. The third kappa shape index (κ3) is 2.72. The van der Waals surface area contributed by atoms with Crippen LogP contribution in [-0.2, 0) is 12.8 Å². The summed E-state index contributed by atoms with van der Waals surface area (Å²) in [7, 11) is 0. The Morgan fingerprint density at radius 1 is 1.00 bits per heavy atom. The summed E-state index contributed by atoms with van der Waals surface area (Å²) in [5.74, 6) is 0. The summed E-state index contributed by atoms with van der Waals surface area (Å²) in [4.78, 5) is 0. The molecule has 1 aliphatic rings. The zero-order valence-electron chi connectivity index (χ0n) is 12.4. The van der Waals surface area contributed by atoms with E-state index in [9.17, 15) is 0 Å². The normalized spacial score (nSPS) is 14.9. The molecule has 1 nitrogen and oxygen atoms in total. The van der Waals surface area contributed by atoms with Crippen molar-refractivity contribution < 1.29 is 0 Å². The van der Waals surface area contributed by atoms with E-state index < -0.39 is 0 Å². The molecule has 0 amide bonds. The number of fused-ring (bicyclic) bond motifs is 1. The van der Waals surface area contributed by atoms with Gasteiger partial charge in [-0.3, -0.25) is 0 Å². The fourth-order valence-electron chi connectivity index (χ4n) is 3.08. The second kappa shape index (κ2) is 5.70. The smallest absolute Gasteiger partial charge is 0.0511 e. The summed E-state index contributed by atoms with van der Waals surface area (Å²) in [5.41, 5.74) is 7.03. The highest BCUT2D eigenvalue weighted by Gasteiger charge is 2.13. The predicted octanol–water partition coefficient (Wildman–Crippen LogP) is 5.05. The maximum atomic E-state index is 3.69. The van der Waals surface area contributed by atoms with Crippen molar-refractivity contribution in [3.8, 4) is 0 Å². The minimum Gasteiger partial charge on any atom is -0.378 e. The molecule has 0 aliphatic heterocycles. The third-order valence-electron chi connectivity index (χ3n) is 4.33. The van der Waals surface area contributed by atoms with E-state index in [4.69, 9.17) is 0 Å². The molecule has 0 bridgehead atoms. The molecule has 0 spiro atoms. The van der Waals surface area contributed by atoms with Crippen molar-refractivity contribution in [1.29, 1.82) is 0 Å². The summed E-state index contributed by atoms with van der Waals surface area (Å²) >= 11 is 0. The SMILES string of the molecule is CCC(Nc1ccc2c(c1)CCC2)c1ccc(C)cc1. The van der Waals surface area contributed by atoms with E-state index in [1.165, 1.54) is 41.6 Å². The maximum Gasteiger partial charge on any atom is 0.0511 e. The first-order chi connectivity index (χ1) is 9.76. The molecule has 3 rings (SSSR count). The largest absolute Gasteiger partial charge is 0.378 e. The molecular formula is C19H23N. The number of nitrogens with one attached hydrogen (secondary N) is 1. The summed E-state index contributed by atoms with van der Waals surface area (Å²) in [5, 5.41) is 3.69. The van der Waals surface area contributed by atoms with E-state index in [2.05, 4.69) is 61.6 Å². The van der Waals surface area contributed by atoms with Gasteiger partial charge in [-0.2, -0.15) is 0 Å². The molecule has 0 radical (unpaired) electrons. The fraction of sp³-hybridized carbons (Fsp3) is 0.368. The summed E-state index contributed by atoms with van der Waals surface area (Å²) < 4.78 is 0. The molecule has 0 fully saturated rings. The number of anilines is 1. The summed E-state index contributed by atoms with van der Waals surface area (Å²) in [6.07, 6.45) is 4.91. The highest BCUT2D eigenvalue weighted by Crippen LogP contribution is 2.28. The molecule has 1 heteroatoms. The fourth-order valence-corrected chi connectivity index (χ4v) is 3.08. The molecule has 0 saturated carbocycles. The van der Waals surface area contributed by atoms with Crippen molar-refractivity contribution in [3.63, 3.8) is 0 Å². The Labute approximate surface area is 122 Å². The first-order valence-corrected chi connectivity index (χ1v) is 7.71. The molecule has 2 aromatic carbocycles. The lowest BCUT2D eigenvalue weighted by molar-refractivity contribution is 0.749. The Morgan fingerprint density at radius 3 is 2.50 bits per heavy atom. The van der Waals surface area contributed by atoms with Crippen LogP contribution in [0, 0.1) is 6.92 Å². The van der Waals surface area contributed by atoms with Crippen molar-refractivity contribution in [2.75, 3.05) is 5.32 Å². The maximum absolute atomic E-state index is 3.69. The van der Waals surface area contributed by atoms with Gasteiger partial charge in [-0.05, 0) is 61.4 Å². The van der Waals surface area contributed by atoms with Crippen molar-refractivity contribution in [2.45, 2.75) is 45.6 Å². The topological polar surface area (TPSA) is 12.0 Å². The molecule has 1 N–H and O–H groups in total. The number of rotatable bonds is 4. The average Bonchev–Trinajstić information content (AvgIpc) is 2.93. The van der Waals surface area contributed by atoms with Gasteiger partial charge < -0.3 is 5.32 Å². The van der Waals surface area contributed by atoms with Crippen LogP contribution >= 0.6 is 0 Å². The van der Waals surface area contributed by atoms with E-state index >= 15 is 0 Å². The van der Waals surface area contributed by atoms with Gasteiger partial charge in [-0.1, -0.05) is 42.8 Å². The first kappa shape index (κ1) is 13.2. The molecule has 0 heterocycles. The summed E-state index contributed by atoms with van der Waals surface area (Å²) in [6.45, 7) is 4.38. The highest BCUT2D eigenvalue weighted by molar-refractivity contribution is 5.51. The highest BCUT2D eigenvalue weighted by atomic mass is 14.9. The molecule has 1 unspecified atom stereocenters. The van der Waals surface area contributed by atoms with E-state index in [0.29, 0.717) is 6.04 Å². The monoisotopic (exact) mass is 265 g/mol. The standard InChI is InChI=1S/C19H23N/c1-3-19(16-9-7-14(2)8-10-16)20-18-12-11-15-5-4-6-17(15)13-18/h7-13,19-20H,3-6H2,1-2H3. The van der Waals surface area contributed by atoms with Gasteiger partial charge in [0.15, 0.2) is 0 Å². The Morgan fingerprint density at radius 2 is 1.75 bits per heavy atom. The third-order valence-corrected chi connectivity index (χ3v) is 4.33. The zero-order chi connectivity index (χ0) is 13.9. The zero-order valence-corrected chi connectivity index (χ0v) is 12.4. The van der Waals surface area contributed by atoms with Gasteiger partial charge in [-0.15, -0.1) is 0 Å². The van der Waals surface area contributed by atoms with E-state index in [-0.39, 0.29) is 0 Å². The Bertz CT molecular complexity index is 583. The predicted molar refractivity (Wildman–Crippen MR) is 86.3 cm³/mol. The number of benzene rings is 2. The second-order valence-electron chi connectivity index (χ2n) is 5.85. The molecule has 0 saturated heterocycles. The quantitative estimate of drug-likeness (QED) is 0.816. The van der Waals surface area contributed by atoms with Crippen molar-refractivity contribution >= 4 is 5.69 Å². The van der Waals surface area contributed by atoms with Crippen molar-refractivity contribution in [2.24, 2.45) is 0 Å². The van der Waals surface area contributed by atoms with Crippen LogP contribution in [-0.4, -0.2) is 0 Å². The van der Waals surface area contributed by atoms with Gasteiger partial charge in [0.05, 0.1) is 6.04 Å². The van der Waals surface area contributed by atoms with E-state index in [1.54, 1.807) is 5.56 Å². The number of hydrogen-bond donors (Lipinski definition) is 1. The molecule has 1 aliphatic carbocycles. The van der Waals surface area contributed by atoms with Crippen LogP contribution in [0.15, 0.2) is 42.5 Å². The molecule has 2 aromatic rings. The second-order valence-corrected chi connectivity index (χ2v) is 5.85. The van der Waals surface area contributed by atoms with Crippen LogP contribution in [0.5, 0.6) is 0 Å². The Hall–Kier alpha value is -1.76.